The number of nitrogens with zero attached hydrogens (tertiary/aromatic N) is 1. The molecule has 2 rings (SSSR count). The van der Waals surface area contributed by atoms with E-state index in [1.807, 2.05) is 0 Å². The molecule has 0 spiro atoms. The lowest BCUT2D eigenvalue weighted by Gasteiger charge is -2.08. The highest BCUT2D eigenvalue weighted by Crippen LogP contribution is 2.16. The molecule has 0 aliphatic heterocycles. The first-order valence-corrected chi connectivity index (χ1v) is 5.91. The van der Waals surface area contributed by atoms with Crippen LogP contribution < -0.4 is 11.5 Å². The summed E-state index contributed by atoms with van der Waals surface area (Å²) in [5.41, 5.74) is 11.0. The summed E-state index contributed by atoms with van der Waals surface area (Å²) >= 11 is 0. The summed E-state index contributed by atoms with van der Waals surface area (Å²) in [7, 11) is 0. The molecule has 0 atom stereocenters. The summed E-state index contributed by atoms with van der Waals surface area (Å²) in [6.45, 7) is 0. The molecule has 0 aliphatic rings. The molecule has 5 nitrogen and oxygen atoms in total. The molecule has 1 aromatic carbocycles. The summed E-state index contributed by atoms with van der Waals surface area (Å²) in [6, 6.07) is 4.58. The highest BCUT2D eigenvalue weighted by atomic mass is 19.2. The number of nitrogens with two attached hydrogens (primary N) is 2. The molecule has 21 heavy (non-hydrogen) atoms. The Labute approximate surface area is 118 Å². The van der Waals surface area contributed by atoms with Crippen LogP contribution in [-0.2, 0) is 6.42 Å². The number of hydrogen-bond donors (Lipinski definition) is 2. The fourth-order valence-electron chi connectivity index (χ4n) is 1.82. The van der Waals surface area contributed by atoms with E-state index < -0.39 is 23.4 Å². The smallest absolute Gasteiger partial charge is 0.250 e. The molecule has 2 amide bonds. The fraction of sp³-hybridized carbons (Fsp3) is 0.0714. The standard InChI is InChI=1S/C14H11F2N3O2/c15-10-2-1-7(3-11(10)16)4-12-9(14(18)21)5-8(6-19-12)13(17)20/h1-3,5-6H,4H2,(H2,17,20)(H2,18,21). The van der Waals surface area contributed by atoms with Crippen LogP contribution in [-0.4, -0.2) is 16.8 Å². The second-order valence-electron chi connectivity index (χ2n) is 4.37. The van der Waals surface area contributed by atoms with Gasteiger partial charge >= 0.3 is 0 Å². The molecule has 1 aromatic heterocycles. The van der Waals surface area contributed by atoms with Crippen molar-refractivity contribution in [1.29, 1.82) is 0 Å². The van der Waals surface area contributed by atoms with Crippen LogP contribution in [0.15, 0.2) is 30.5 Å². The minimum absolute atomic E-state index is 0.0102. The van der Waals surface area contributed by atoms with Gasteiger partial charge in [0.25, 0.3) is 5.91 Å². The van der Waals surface area contributed by atoms with Crippen LogP contribution >= 0.6 is 0 Å². The third kappa shape index (κ3) is 3.19. The van der Waals surface area contributed by atoms with Crippen molar-refractivity contribution >= 4 is 11.8 Å². The zero-order chi connectivity index (χ0) is 15.6. The molecule has 2 aromatic rings. The maximum Gasteiger partial charge on any atom is 0.250 e. The highest BCUT2D eigenvalue weighted by Gasteiger charge is 2.14. The number of carbonyl (C=O) groups is 2. The monoisotopic (exact) mass is 291 g/mol. The van der Waals surface area contributed by atoms with Crippen LogP contribution in [0.25, 0.3) is 0 Å². The summed E-state index contributed by atoms with van der Waals surface area (Å²) in [5.74, 6) is -3.50. The van der Waals surface area contributed by atoms with E-state index in [0.717, 1.165) is 12.1 Å². The largest absolute Gasteiger partial charge is 0.366 e. The number of halogens is 2. The lowest BCUT2D eigenvalue weighted by atomic mass is 10.0. The average molecular weight is 291 g/mol. The second kappa shape index (κ2) is 5.66. The Morgan fingerprint density at radius 1 is 1.05 bits per heavy atom. The lowest BCUT2D eigenvalue weighted by molar-refractivity contribution is 0.0998. The van der Waals surface area contributed by atoms with Crippen LogP contribution in [0.4, 0.5) is 8.78 Å². The van der Waals surface area contributed by atoms with Crippen LogP contribution in [0.1, 0.15) is 32.0 Å². The molecule has 7 heteroatoms. The lowest BCUT2D eigenvalue weighted by Crippen LogP contribution is -2.19. The van der Waals surface area contributed by atoms with Crippen molar-refractivity contribution in [2.24, 2.45) is 11.5 Å². The Morgan fingerprint density at radius 2 is 1.76 bits per heavy atom. The van der Waals surface area contributed by atoms with E-state index in [-0.39, 0.29) is 23.2 Å². The van der Waals surface area contributed by atoms with E-state index in [9.17, 15) is 18.4 Å². The summed E-state index contributed by atoms with van der Waals surface area (Å²) in [4.78, 5) is 26.4. The minimum Gasteiger partial charge on any atom is -0.366 e. The number of benzene rings is 1. The van der Waals surface area contributed by atoms with Gasteiger partial charge < -0.3 is 11.5 Å². The Hall–Kier alpha value is -2.83. The molecule has 108 valence electrons. The first kappa shape index (κ1) is 14.6. The first-order valence-electron chi connectivity index (χ1n) is 5.91. The Morgan fingerprint density at radius 3 is 2.33 bits per heavy atom. The van der Waals surface area contributed by atoms with Gasteiger partial charge in [-0.3, -0.25) is 14.6 Å². The van der Waals surface area contributed by atoms with Gasteiger partial charge in [0, 0.05) is 12.6 Å². The number of amides is 2. The number of hydrogen-bond acceptors (Lipinski definition) is 3. The van der Waals surface area contributed by atoms with Crippen LogP contribution in [0.2, 0.25) is 0 Å². The van der Waals surface area contributed by atoms with Crippen LogP contribution in [0, 0.1) is 11.6 Å². The van der Waals surface area contributed by atoms with Gasteiger partial charge in [0.05, 0.1) is 16.8 Å². The molecule has 0 saturated heterocycles. The number of rotatable bonds is 4. The van der Waals surface area contributed by atoms with Crippen LogP contribution in [0.3, 0.4) is 0 Å². The Kier molecular flexibility index (Phi) is 3.93. The average Bonchev–Trinajstić information content (AvgIpc) is 2.43. The van der Waals surface area contributed by atoms with Crippen molar-refractivity contribution in [3.05, 3.63) is 64.5 Å². The van der Waals surface area contributed by atoms with Gasteiger partial charge in [0.1, 0.15) is 0 Å². The van der Waals surface area contributed by atoms with Gasteiger partial charge in [-0.25, -0.2) is 8.78 Å². The molecule has 1 heterocycles. The predicted molar refractivity (Wildman–Crippen MR) is 70.4 cm³/mol. The third-order valence-electron chi connectivity index (χ3n) is 2.88. The quantitative estimate of drug-likeness (QED) is 0.883. The van der Waals surface area contributed by atoms with Gasteiger partial charge in [-0.05, 0) is 23.8 Å². The van der Waals surface area contributed by atoms with Crippen molar-refractivity contribution < 1.29 is 18.4 Å². The van der Waals surface area contributed by atoms with E-state index >= 15 is 0 Å². The molecule has 4 N–H and O–H groups in total. The van der Waals surface area contributed by atoms with Gasteiger partial charge in [-0.1, -0.05) is 6.07 Å². The molecule has 0 fully saturated rings. The summed E-state index contributed by atoms with van der Waals surface area (Å²) < 4.78 is 26.0. The first-order chi connectivity index (χ1) is 9.88. The van der Waals surface area contributed by atoms with E-state index in [2.05, 4.69) is 4.98 Å². The van der Waals surface area contributed by atoms with Gasteiger partial charge in [0.15, 0.2) is 11.6 Å². The van der Waals surface area contributed by atoms with Crippen molar-refractivity contribution in [3.8, 4) is 0 Å². The fourth-order valence-corrected chi connectivity index (χ4v) is 1.82. The van der Waals surface area contributed by atoms with Crippen molar-refractivity contribution in [2.75, 3.05) is 0 Å². The molecular weight excluding hydrogens is 280 g/mol. The van der Waals surface area contributed by atoms with Gasteiger partial charge in [0.2, 0.25) is 5.91 Å². The summed E-state index contributed by atoms with van der Waals surface area (Å²) in [5, 5.41) is 0. The van der Waals surface area contributed by atoms with E-state index in [1.54, 1.807) is 0 Å². The Bertz CT molecular complexity index is 732. The van der Waals surface area contributed by atoms with Gasteiger partial charge in [-0.15, -0.1) is 0 Å². The van der Waals surface area contributed by atoms with E-state index in [1.165, 1.54) is 18.3 Å². The molecule has 0 bridgehead atoms. The predicted octanol–water partition coefficient (Wildman–Crippen LogP) is 1.15. The second-order valence-corrected chi connectivity index (χ2v) is 4.37. The maximum absolute atomic E-state index is 13.2. The highest BCUT2D eigenvalue weighted by molar-refractivity contribution is 5.98. The molecule has 0 aliphatic carbocycles. The van der Waals surface area contributed by atoms with Crippen molar-refractivity contribution in [1.82, 2.24) is 4.98 Å². The maximum atomic E-state index is 13.2. The normalized spacial score (nSPS) is 10.4. The van der Waals surface area contributed by atoms with Crippen molar-refractivity contribution in [2.45, 2.75) is 6.42 Å². The Balaban J connectivity index is 2.41. The molecule has 0 unspecified atom stereocenters. The number of pyridine rings is 1. The molecular formula is C14H11F2N3O2. The zero-order valence-corrected chi connectivity index (χ0v) is 10.8. The minimum atomic E-state index is -0.998. The number of primary amides is 2. The van der Waals surface area contributed by atoms with Gasteiger partial charge in [-0.2, -0.15) is 0 Å². The number of carbonyl (C=O) groups excluding carboxylic acids is 2. The topological polar surface area (TPSA) is 99.1 Å². The summed E-state index contributed by atoms with van der Waals surface area (Å²) in [6.07, 6.45) is 1.26. The number of aromatic nitrogens is 1. The zero-order valence-electron chi connectivity index (χ0n) is 10.8. The van der Waals surface area contributed by atoms with E-state index in [4.69, 9.17) is 11.5 Å². The van der Waals surface area contributed by atoms with Crippen molar-refractivity contribution in [3.63, 3.8) is 0 Å². The SMILES string of the molecule is NC(=O)c1cnc(Cc2ccc(F)c(F)c2)c(C(N)=O)c1. The molecule has 0 radical (unpaired) electrons. The van der Waals surface area contributed by atoms with Crippen LogP contribution in [0.5, 0.6) is 0 Å². The third-order valence-corrected chi connectivity index (χ3v) is 2.88. The van der Waals surface area contributed by atoms with E-state index in [0.29, 0.717) is 5.56 Å². The molecule has 0 saturated carbocycles.